The number of rotatable bonds is 14. The van der Waals surface area contributed by atoms with Crippen molar-refractivity contribution in [3.63, 3.8) is 0 Å². The highest BCUT2D eigenvalue weighted by molar-refractivity contribution is 6.20. The molecule has 3 aliphatic rings. The van der Waals surface area contributed by atoms with E-state index >= 15 is 0 Å². The van der Waals surface area contributed by atoms with Crippen molar-refractivity contribution in [3.05, 3.63) is 59.2 Å². The number of benzene rings is 1. The average Bonchev–Trinajstić information content (AvgIpc) is 3.47. The standard InChI is InChI=1S/C36H52O2/c1-25(2)12-9-13-26(3)14-10-15-27(4)16-11-17-28(5)22-23-36-30-21-20-29(24-30)35(36,6)33(37)31-18-7-8-19-32(31)34(36)38/h7-8,18-22,25-27,29-30H,9-17,23-24H2,1-6H3/b28-22+/t26?,27?,29-,30+,35+,36-/m1/s1. The summed E-state index contributed by atoms with van der Waals surface area (Å²) in [6, 6.07) is 7.52. The van der Waals surface area contributed by atoms with E-state index in [1.54, 1.807) is 0 Å². The molecule has 38 heavy (non-hydrogen) atoms. The molecule has 3 aliphatic carbocycles. The fraction of sp³-hybridized carbons (Fsp3) is 0.667. The highest BCUT2D eigenvalue weighted by atomic mass is 16.1. The van der Waals surface area contributed by atoms with Crippen LogP contribution in [0.3, 0.4) is 0 Å². The summed E-state index contributed by atoms with van der Waals surface area (Å²) in [5.74, 6) is 3.18. The lowest BCUT2D eigenvalue weighted by Crippen LogP contribution is -2.56. The van der Waals surface area contributed by atoms with Gasteiger partial charge in [-0.3, -0.25) is 9.59 Å². The van der Waals surface area contributed by atoms with Crippen molar-refractivity contribution < 1.29 is 9.59 Å². The SMILES string of the molecule is C/C(=C\C[C@@]12C(=O)c3ccccc3C(=O)[C@]1(C)[C@@H]1C=C[C@H]2C1)CCCC(C)CCCC(C)CCCC(C)C. The first kappa shape index (κ1) is 29.0. The molecule has 2 nitrogen and oxygen atoms in total. The first-order valence-corrected chi connectivity index (χ1v) is 15.6. The third-order valence-corrected chi connectivity index (χ3v) is 10.6. The van der Waals surface area contributed by atoms with Crippen LogP contribution in [-0.2, 0) is 0 Å². The van der Waals surface area contributed by atoms with E-state index < -0.39 is 10.8 Å². The molecule has 4 rings (SSSR count). The van der Waals surface area contributed by atoms with E-state index in [1.807, 2.05) is 24.3 Å². The molecule has 0 saturated heterocycles. The van der Waals surface area contributed by atoms with Gasteiger partial charge in [-0.1, -0.05) is 128 Å². The predicted molar refractivity (Wildman–Crippen MR) is 159 cm³/mol. The number of fused-ring (bicyclic) bond motifs is 6. The maximum absolute atomic E-state index is 14.1. The number of Topliss-reactive ketones (excluding diaryl/α,β-unsaturated/α-hetero) is 2. The molecule has 2 heteroatoms. The molecule has 6 atom stereocenters. The summed E-state index contributed by atoms with van der Waals surface area (Å²) in [4.78, 5) is 27.9. The third kappa shape index (κ3) is 5.39. The summed E-state index contributed by atoms with van der Waals surface area (Å²) >= 11 is 0. The van der Waals surface area contributed by atoms with Crippen molar-refractivity contribution in [3.8, 4) is 0 Å². The Kier molecular flexibility index (Phi) is 9.21. The van der Waals surface area contributed by atoms with Gasteiger partial charge in [-0.15, -0.1) is 0 Å². The number of carbonyl (C=O) groups is 2. The summed E-state index contributed by atoms with van der Waals surface area (Å²) in [5.41, 5.74) is 1.40. The van der Waals surface area contributed by atoms with E-state index in [4.69, 9.17) is 0 Å². The molecule has 1 fully saturated rings. The van der Waals surface area contributed by atoms with Crippen molar-refractivity contribution in [2.45, 2.75) is 112 Å². The number of hydrogen-bond acceptors (Lipinski definition) is 2. The summed E-state index contributed by atoms with van der Waals surface area (Å²) in [6.45, 7) is 13.8. The van der Waals surface area contributed by atoms with Gasteiger partial charge < -0.3 is 0 Å². The molecule has 208 valence electrons. The van der Waals surface area contributed by atoms with Crippen LogP contribution in [0.4, 0.5) is 0 Å². The molecule has 2 unspecified atom stereocenters. The Morgan fingerprint density at radius 1 is 0.842 bits per heavy atom. The quantitative estimate of drug-likeness (QED) is 0.230. The smallest absolute Gasteiger partial charge is 0.171 e. The van der Waals surface area contributed by atoms with Gasteiger partial charge in [0.2, 0.25) is 0 Å². The Hall–Kier alpha value is -1.96. The summed E-state index contributed by atoms with van der Waals surface area (Å²) in [5, 5.41) is 0. The van der Waals surface area contributed by atoms with E-state index in [1.165, 1.54) is 56.9 Å². The van der Waals surface area contributed by atoms with E-state index in [9.17, 15) is 9.59 Å². The summed E-state index contributed by atoms with van der Waals surface area (Å²) in [6.07, 6.45) is 20.1. The van der Waals surface area contributed by atoms with Crippen molar-refractivity contribution in [1.29, 1.82) is 0 Å². The van der Waals surface area contributed by atoms with Gasteiger partial charge in [0.25, 0.3) is 0 Å². The molecule has 0 aromatic heterocycles. The lowest BCUT2D eigenvalue weighted by Gasteiger charge is -2.50. The fourth-order valence-corrected chi connectivity index (χ4v) is 7.98. The van der Waals surface area contributed by atoms with Gasteiger partial charge in [0, 0.05) is 11.1 Å². The summed E-state index contributed by atoms with van der Waals surface area (Å²) in [7, 11) is 0. The van der Waals surface area contributed by atoms with Crippen LogP contribution >= 0.6 is 0 Å². The molecule has 0 radical (unpaired) electrons. The predicted octanol–water partition coefficient (Wildman–Crippen LogP) is 10.0. The number of hydrogen-bond donors (Lipinski definition) is 0. The third-order valence-electron chi connectivity index (χ3n) is 10.6. The van der Waals surface area contributed by atoms with Crippen LogP contribution < -0.4 is 0 Å². The molecule has 2 bridgehead atoms. The minimum Gasteiger partial charge on any atom is -0.293 e. The second kappa shape index (κ2) is 12.1. The van der Waals surface area contributed by atoms with Crippen molar-refractivity contribution in [2.75, 3.05) is 0 Å². The zero-order chi connectivity index (χ0) is 27.5. The number of carbonyl (C=O) groups excluding carboxylic acids is 2. The van der Waals surface area contributed by atoms with Gasteiger partial charge >= 0.3 is 0 Å². The molecule has 0 heterocycles. The first-order valence-electron chi connectivity index (χ1n) is 15.6. The second-order valence-corrected chi connectivity index (χ2v) is 13.8. The van der Waals surface area contributed by atoms with Gasteiger partial charge in [-0.25, -0.2) is 0 Å². The highest BCUT2D eigenvalue weighted by Gasteiger charge is 2.71. The van der Waals surface area contributed by atoms with Crippen LogP contribution in [0, 0.1) is 40.4 Å². The molecule has 0 aliphatic heterocycles. The zero-order valence-corrected chi connectivity index (χ0v) is 25.0. The number of ketones is 2. The van der Waals surface area contributed by atoms with Crippen LogP contribution in [0.5, 0.6) is 0 Å². The molecule has 1 saturated carbocycles. The van der Waals surface area contributed by atoms with E-state index in [0.29, 0.717) is 17.5 Å². The Balaban J connectivity index is 1.30. The molecule has 0 amide bonds. The minimum atomic E-state index is -0.630. The maximum atomic E-state index is 14.1. The first-order chi connectivity index (χ1) is 18.1. The fourth-order valence-electron chi connectivity index (χ4n) is 7.98. The average molecular weight is 517 g/mol. The highest BCUT2D eigenvalue weighted by Crippen LogP contribution is 2.69. The molecular formula is C36H52O2. The van der Waals surface area contributed by atoms with Crippen LogP contribution in [-0.4, -0.2) is 11.6 Å². The molecule has 1 aromatic rings. The van der Waals surface area contributed by atoms with Gasteiger partial charge in [0.05, 0.1) is 10.8 Å². The Labute approximate surface area is 232 Å². The van der Waals surface area contributed by atoms with Crippen LogP contribution in [0.1, 0.15) is 133 Å². The van der Waals surface area contributed by atoms with Crippen LogP contribution in [0.2, 0.25) is 0 Å². The molecular weight excluding hydrogens is 464 g/mol. The van der Waals surface area contributed by atoms with Gasteiger partial charge in [0.15, 0.2) is 11.6 Å². The Morgan fingerprint density at radius 3 is 2.03 bits per heavy atom. The topological polar surface area (TPSA) is 34.1 Å². The lowest BCUT2D eigenvalue weighted by molar-refractivity contribution is 0.0242. The Morgan fingerprint density at radius 2 is 1.39 bits per heavy atom. The largest absolute Gasteiger partial charge is 0.293 e. The van der Waals surface area contributed by atoms with Crippen LogP contribution in [0.25, 0.3) is 0 Å². The molecule has 0 N–H and O–H groups in total. The van der Waals surface area contributed by atoms with E-state index in [2.05, 4.69) is 59.8 Å². The molecule has 1 aromatic carbocycles. The maximum Gasteiger partial charge on any atom is 0.171 e. The normalized spacial score (nSPS) is 29.6. The molecule has 0 spiro atoms. The van der Waals surface area contributed by atoms with Crippen molar-refractivity contribution in [2.24, 2.45) is 40.4 Å². The van der Waals surface area contributed by atoms with Crippen molar-refractivity contribution in [1.82, 2.24) is 0 Å². The zero-order valence-electron chi connectivity index (χ0n) is 25.0. The van der Waals surface area contributed by atoms with Gasteiger partial charge in [-0.2, -0.15) is 0 Å². The van der Waals surface area contributed by atoms with Gasteiger partial charge in [-0.05, 0) is 62.2 Å². The minimum absolute atomic E-state index is 0.166. The van der Waals surface area contributed by atoms with Crippen LogP contribution in [0.15, 0.2) is 48.1 Å². The number of allylic oxidation sites excluding steroid dienone is 4. The summed E-state index contributed by atoms with van der Waals surface area (Å²) < 4.78 is 0. The van der Waals surface area contributed by atoms with Crippen molar-refractivity contribution >= 4 is 11.6 Å². The monoisotopic (exact) mass is 516 g/mol. The lowest BCUT2D eigenvalue weighted by atomic mass is 9.49. The van der Waals surface area contributed by atoms with Gasteiger partial charge in [0.1, 0.15) is 0 Å². The Bertz CT molecular complexity index is 1060. The van der Waals surface area contributed by atoms with E-state index in [0.717, 1.165) is 30.6 Å². The van der Waals surface area contributed by atoms with E-state index in [-0.39, 0.29) is 23.4 Å². The second-order valence-electron chi connectivity index (χ2n) is 13.8.